The van der Waals surface area contributed by atoms with Crippen molar-refractivity contribution in [2.45, 2.75) is 0 Å². The quantitative estimate of drug-likeness (QED) is 0.283. The molecule has 0 N–H and O–H groups in total. The molecule has 0 amide bonds. The molecule has 5 heavy (non-hydrogen) atoms. The minimum absolute atomic E-state index is 0. The monoisotopic (exact) mass is 109 g/mol. The summed E-state index contributed by atoms with van der Waals surface area (Å²) in [6.07, 6.45) is 0. The summed E-state index contributed by atoms with van der Waals surface area (Å²) in [6, 6.07) is 0. The van der Waals surface area contributed by atoms with Crippen LogP contribution in [0.2, 0.25) is 0 Å². The minimum Gasteiger partial charge on any atom is -0.102 e. The summed E-state index contributed by atoms with van der Waals surface area (Å²) >= 11 is 8.66. The van der Waals surface area contributed by atoms with Crippen molar-refractivity contribution in [3.8, 4) is 0 Å². The Kier molecular flexibility index (Phi) is 16.8. The first kappa shape index (κ1) is 9.44. The van der Waals surface area contributed by atoms with Crippen molar-refractivity contribution in [2.24, 2.45) is 0 Å². The molecular formula is Cl2LiO2. The number of hydrogen-bond acceptors (Lipinski definition) is 2. The molecule has 0 rings (SSSR count). The Bertz CT molecular complexity index is 9.61. The smallest absolute Gasteiger partial charge is 0.102 e. The standard InChI is InChI=1S/Cl2O2.Li/c1-3-4-2;. The molecule has 0 aromatic heterocycles. The van der Waals surface area contributed by atoms with Gasteiger partial charge < -0.3 is 0 Å². The van der Waals surface area contributed by atoms with Crippen LogP contribution in [-0.4, -0.2) is 18.9 Å². The van der Waals surface area contributed by atoms with Gasteiger partial charge in [0.15, 0.2) is 0 Å². The molecule has 0 fully saturated rings. The second-order valence-electron chi connectivity index (χ2n) is 0.126. The summed E-state index contributed by atoms with van der Waals surface area (Å²) in [7, 11) is 0. The molecule has 0 bridgehead atoms. The molecule has 1 radical (unpaired) electrons. The van der Waals surface area contributed by atoms with Gasteiger partial charge in [-0.3, -0.25) is 0 Å². The van der Waals surface area contributed by atoms with E-state index in [1.54, 1.807) is 0 Å². The van der Waals surface area contributed by atoms with Gasteiger partial charge >= 0.3 is 0 Å². The third kappa shape index (κ3) is 11.1. The summed E-state index contributed by atoms with van der Waals surface area (Å²) in [6.45, 7) is 0. The second-order valence-corrected chi connectivity index (χ2v) is 0.378. The van der Waals surface area contributed by atoms with E-state index in [0.717, 1.165) is 0 Å². The van der Waals surface area contributed by atoms with E-state index in [9.17, 15) is 0 Å². The van der Waals surface area contributed by atoms with Crippen LogP contribution < -0.4 is 0 Å². The molecule has 2 nitrogen and oxygen atoms in total. The zero-order valence-corrected chi connectivity index (χ0v) is 4.08. The zero-order valence-electron chi connectivity index (χ0n) is 2.57. The molecule has 0 aromatic rings. The summed E-state index contributed by atoms with van der Waals surface area (Å²) in [5.41, 5.74) is 0. The molecule has 0 aliphatic carbocycles. The molecule has 0 saturated heterocycles. The summed E-state index contributed by atoms with van der Waals surface area (Å²) < 4.78 is 6.56. The SMILES string of the molecule is ClOOCl.[Li]. The largest absolute Gasteiger partial charge is 0.102 e. The van der Waals surface area contributed by atoms with Crippen LogP contribution in [0.4, 0.5) is 0 Å². The first-order valence-electron chi connectivity index (χ1n) is 0.475. The first-order valence-corrected chi connectivity index (χ1v) is 1.09. The number of halogens is 2. The van der Waals surface area contributed by atoms with Gasteiger partial charge in [-0.1, -0.05) is 0 Å². The molecule has 0 saturated carbocycles. The third-order valence-corrected chi connectivity index (χ3v) is 0.214. The molecule has 0 aliphatic rings. The van der Waals surface area contributed by atoms with E-state index in [1.807, 2.05) is 0 Å². The fourth-order valence-electron chi connectivity index (χ4n) is 0. The van der Waals surface area contributed by atoms with Crippen LogP contribution in [0.1, 0.15) is 0 Å². The van der Waals surface area contributed by atoms with E-state index in [0.29, 0.717) is 0 Å². The van der Waals surface area contributed by atoms with Gasteiger partial charge in [0.05, 0.1) is 0 Å². The maximum atomic E-state index is 4.33. The average Bonchev–Trinajstić information content (AvgIpc) is 1.37. The van der Waals surface area contributed by atoms with Crippen LogP contribution in [0.25, 0.3) is 0 Å². The summed E-state index contributed by atoms with van der Waals surface area (Å²) in [5, 5.41) is 0. The van der Waals surface area contributed by atoms with E-state index < -0.39 is 0 Å². The van der Waals surface area contributed by atoms with Crippen molar-refractivity contribution in [1.29, 1.82) is 0 Å². The van der Waals surface area contributed by atoms with Crippen LogP contribution in [0.15, 0.2) is 0 Å². The van der Waals surface area contributed by atoms with Crippen molar-refractivity contribution < 1.29 is 8.88 Å². The molecular weight excluding hydrogens is 110 g/mol. The topological polar surface area (TPSA) is 18.5 Å². The summed E-state index contributed by atoms with van der Waals surface area (Å²) in [4.78, 5) is 0. The molecule has 0 aliphatic heterocycles. The van der Waals surface area contributed by atoms with E-state index >= 15 is 0 Å². The summed E-state index contributed by atoms with van der Waals surface area (Å²) in [5.74, 6) is 0. The van der Waals surface area contributed by atoms with E-state index in [-0.39, 0.29) is 18.9 Å². The van der Waals surface area contributed by atoms with Crippen LogP contribution in [0.5, 0.6) is 0 Å². The first-order chi connectivity index (χ1) is 1.91. The van der Waals surface area contributed by atoms with Crippen LogP contribution >= 0.6 is 23.7 Å². The van der Waals surface area contributed by atoms with Gasteiger partial charge in [0.1, 0.15) is 23.7 Å². The van der Waals surface area contributed by atoms with Crippen LogP contribution in [0.3, 0.4) is 0 Å². The predicted octanol–water partition coefficient (Wildman–Crippen LogP) is 0.861. The Hall–Kier alpha value is 1.10. The Morgan fingerprint density at radius 1 is 1.00 bits per heavy atom. The maximum absolute atomic E-state index is 4.33. The molecule has 0 heterocycles. The molecule has 27 valence electrons. The Morgan fingerprint density at radius 2 is 1.20 bits per heavy atom. The Balaban J connectivity index is 0. The van der Waals surface area contributed by atoms with Gasteiger partial charge in [-0.25, -0.2) is 0 Å². The van der Waals surface area contributed by atoms with Gasteiger partial charge in [-0.05, 0) is 0 Å². The van der Waals surface area contributed by atoms with Crippen molar-refractivity contribution >= 4 is 42.6 Å². The fourth-order valence-corrected chi connectivity index (χ4v) is 0. The van der Waals surface area contributed by atoms with Crippen LogP contribution in [-0.2, 0) is 8.88 Å². The number of hydrogen-bond donors (Lipinski definition) is 0. The molecule has 0 aromatic carbocycles. The molecule has 0 spiro atoms. The Morgan fingerprint density at radius 3 is 1.20 bits per heavy atom. The molecule has 0 atom stereocenters. The van der Waals surface area contributed by atoms with Crippen molar-refractivity contribution in [3.05, 3.63) is 0 Å². The van der Waals surface area contributed by atoms with Gasteiger partial charge in [0.2, 0.25) is 0 Å². The van der Waals surface area contributed by atoms with Gasteiger partial charge in [-0.2, -0.15) is 0 Å². The third-order valence-electron chi connectivity index (χ3n) is 0.0238. The van der Waals surface area contributed by atoms with Gasteiger partial charge in [0.25, 0.3) is 0 Å². The van der Waals surface area contributed by atoms with Crippen molar-refractivity contribution in [2.75, 3.05) is 0 Å². The minimum atomic E-state index is 0. The van der Waals surface area contributed by atoms with Gasteiger partial charge in [0, 0.05) is 18.9 Å². The zero-order chi connectivity index (χ0) is 3.41. The van der Waals surface area contributed by atoms with Crippen molar-refractivity contribution in [3.63, 3.8) is 0 Å². The molecule has 5 heteroatoms. The second kappa shape index (κ2) is 8.92. The van der Waals surface area contributed by atoms with Crippen molar-refractivity contribution in [1.82, 2.24) is 0 Å². The van der Waals surface area contributed by atoms with Crippen LogP contribution in [0, 0.1) is 0 Å². The molecule has 0 unspecified atom stereocenters. The normalized spacial score (nSPS) is 6.00. The predicted molar refractivity (Wildman–Crippen MR) is 19.6 cm³/mol. The number of rotatable bonds is 1. The fraction of sp³-hybridized carbons (Fsp3) is 0. The maximum Gasteiger partial charge on any atom is 0.102 e. The Labute approximate surface area is 51.8 Å². The van der Waals surface area contributed by atoms with E-state index in [2.05, 4.69) is 32.6 Å². The van der Waals surface area contributed by atoms with E-state index in [4.69, 9.17) is 0 Å². The van der Waals surface area contributed by atoms with E-state index in [1.165, 1.54) is 0 Å². The van der Waals surface area contributed by atoms with Gasteiger partial charge in [-0.15, -0.1) is 8.88 Å². The average molecular weight is 110 g/mol.